The quantitative estimate of drug-likeness (QED) is 0.295. The Morgan fingerprint density at radius 3 is 2.40 bits per heavy atom. The molecule has 0 aliphatic carbocycles. The van der Waals surface area contributed by atoms with Crippen LogP contribution in [-0.2, 0) is 27.1 Å². The van der Waals surface area contributed by atoms with Crippen molar-refractivity contribution in [1.29, 1.82) is 0 Å². The first-order valence-electron chi connectivity index (χ1n) is 14.7. The van der Waals surface area contributed by atoms with Crippen LogP contribution in [0, 0.1) is 0 Å². The molecule has 0 spiro atoms. The Morgan fingerprint density at radius 1 is 0.976 bits per heavy atom. The van der Waals surface area contributed by atoms with Gasteiger partial charge in [-0.3, -0.25) is 10.1 Å². The van der Waals surface area contributed by atoms with Gasteiger partial charge in [0.25, 0.3) is 0 Å². The first-order chi connectivity index (χ1) is 20.4. The highest BCUT2D eigenvalue weighted by Crippen LogP contribution is 2.36. The number of aryl methyl sites for hydroxylation is 2. The molecule has 9 nitrogen and oxygen atoms in total. The fourth-order valence-electron chi connectivity index (χ4n) is 5.81. The van der Waals surface area contributed by atoms with Crippen LogP contribution < -0.4 is 10.6 Å². The highest BCUT2D eigenvalue weighted by molar-refractivity contribution is 5.93. The minimum absolute atomic E-state index is 0.134. The number of aromatic nitrogens is 1. The molecule has 220 valence electrons. The maximum absolute atomic E-state index is 13.1. The number of carbonyl (C=O) groups is 3. The Bertz CT molecular complexity index is 1420. The molecule has 3 fully saturated rings. The molecule has 1 aromatic heterocycles. The Balaban J connectivity index is 1.22. The van der Waals surface area contributed by atoms with Gasteiger partial charge in [-0.05, 0) is 48.1 Å². The van der Waals surface area contributed by atoms with E-state index in [1.54, 1.807) is 6.07 Å². The molecule has 3 saturated heterocycles. The van der Waals surface area contributed by atoms with E-state index < -0.39 is 12.1 Å². The van der Waals surface area contributed by atoms with Gasteiger partial charge in [0.05, 0.1) is 24.7 Å². The highest BCUT2D eigenvalue weighted by Gasteiger charge is 2.42. The predicted molar refractivity (Wildman–Crippen MR) is 162 cm³/mol. The zero-order valence-electron chi connectivity index (χ0n) is 24.3. The molecule has 0 atom stereocenters. The molecule has 0 unspecified atom stereocenters. The van der Waals surface area contributed by atoms with E-state index in [0.717, 1.165) is 55.6 Å². The lowest BCUT2D eigenvalue weighted by atomic mass is 9.83. The topological polar surface area (TPSA) is 110 Å². The van der Waals surface area contributed by atoms with Crippen molar-refractivity contribution in [2.24, 2.45) is 0 Å². The number of hydrogen-bond acceptors (Lipinski definition) is 7. The highest BCUT2D eigenvalue weighted by atomic mass is 16.6. The first kappa shape index (κ1) is 29.3. The number of methoxy groups -OCH3 is 1. The predicted octanol–water partition coefficient (Wildman–Crippen LogP) is 5.85. The SMILES string of the molecule is CCc1cc(NC(=O)CCCc2ccc(-c3ccccc3)c(NC(=O)OC34CCN(CC3)CC4)c2)cnc1C(=O)OC. The summed E-state index contributed by atoms with van der Waals surface area (Å²) in [4.78, 5) is 44.3. The standard InChI is InChI=1S/C33H38N4O5/c1-3-24-21-26(22-34-30(24)31(39)41-2)35-29(38)11-7-8-23-12-13-27(25-9-5-4-6-10-25)28(20-23)36-32(40)42-33-14-17-37(18-15-33)19-16-33/h4-6,9-10,12-13,20-22H,3,7-8,11,14-19H2,1-2H3,(H,35,38)(H,36,40). The van der Waals surface area contributed by atoms with Crippen molar-refractivity contribution >= 4 is 29.3 Å². The third-order valence-corrected chi connectivity index (χ3v) is 8.24. The van der Waals surface area contributed by atoms with Crippen molar-refractivity contribution in [1.82, 2.24) is 9.88 Å². The molecule has 42 heavy (non-hydrogen) atoms. The van der Waals surface area contributed by atoms with Crippen molar-refractivity contribution in [3.8, 4) is 11.1 Å². The van der Waals surface area contributed by atoms with E-state index in [-0.39, 0.29) is 17.2 Å². The van der Waals surface area contributed by atoms with Gasteiger partial charge in [-0.1, -0.05) is 49.4 Å². The maximum atomic E-state index is 13.1. The summed E-state index contributed by atoms with van der Waals surface area (Å²) in [5.41, 5.74) is 4.77. The molecule has 2 aromatic carbocycles. The number of ether oxygens (including phenoxy) is 2. The number of amides is 2. The number of rotatable bonds is 10. The molecule has 3 aromatic rings. The van der Waals surface area contributed by atoms with Gasteiger partial charge >= 0.3 is 12.1 Å². The maximum Gasteiger partial charge on any atom is 0.412 e. The Hall–Kier alpha value is -4.24. The first-order valence-corrected chi connectivity index (χ1v) is 14.7. The third-order valence-electron chi connectivity index (χ3n) is 8.24. The van der Waals surface area contributed by atoms with Crippen molar-refractivity contribution in [2.45, 2.75) is 57.5 Å². The van der Waals surface area contributed by atoms with E-state index in [4.69, 9.17) is 9.47 Å². The Morgan fingerprint density at radius 2 is 1.71 bits per heavy atom. The fourth-order valence-corrected chi connectivity index (χ4v) is 5.81. The summed E-state index contributed by atoms with van der Waals surface area (Å²) in [5.74, 6) is -0.630. The number of nitrogens with zero attached hydrogens (tertiary/aromatic N) is 2. The zero-order valence-corrected chi connectivity index (χ0v) is 24.3. The van der Waals surface area contributed by atoms with Crippen molar-refractivity contribution in [3.63, 3.8) is 0 Å². The molecule has 0 saturated carbocycles. The van der Waals surface area contributed by atoms with Gasteiger partial charge in [0.1, 0.15) is 5.60 Å². The number of anilines is 2. The molecular weight excluding hydrogens is 532 g/mol. The van der Waals surface area contributed by atoms with Crippen LogP contribution in [0.3, 0.4) is 0 Å². The van der Waals surface area contributed by atoms with E-state index in [0.29, 0.717) is 42.6 Å². The average Bonchev–Trinajstić information content (AvgIpc) is 3.01. The van der Waals surface area contributed by atoms with Gasteiger partial charge in [-0.2, -0.15) is 0 Å². The molecule has 9 heteroatoms. The molecule has 4 heterocycles. The second-order valence-corrected chi connectivity index (χ2v) is 11.0. The summed E-state index contributed by atoms with van der Waals surface area (Å²) < 4.78 is 10.8. The van der Waals surface area contributed by atoms with Gasteiger partial charge < -0.3 is 19.7 Å². The molecule has 3 aliphatic heterocycles. The minimum atomic E-state index is -0.496. The summed E-state index contributed by atoms with van der Waals surface area (Å²) in [5, 5.41) is 5.91. The van der Waals surface area contributed by atoms with Gasteiger partial charge in [0, 0.05) is 50.9 Å². The van der Waals surface area contributed by atoms with Crippen LogP contribution in [0.1, 0.15) is 60.6 Å². The number of pyridine rings is 1. The monoisotopic (exact) mass is 570 g/mol. The number of piperidine rings is 3. The van der Waals surface area contributed by atoms with Gasteiger partial charge in [0.15, 0.2) is 5.69 Å². The number of benzene rings is 2. The van der Waals surface area contributed by atoms with Gasteiger partial charge in [-0.25, -0.2) is 14.6 Å². The van der Waals surface area contributed by atoms with Crippen LogP contribution in [0.15, 0.2) is 60.8 Å². The lowest BCUT2D eigenvalue weighted by Crippen LogP contribution is -2.54. The second kappa shape index (κ2) is 13.2. The van der Waals surface area contributed by atoms with Crippen LogP contribution in [-0.4, -0.2) is 60.2 Å². The van der Waals surface area contributed by atoms with E-state index in [1.165, 1.54) is 13.3 Å². The molecule has 3 aliphatic rings. The zero-order chi connectivity index (χ0) is 29.5. The summed E-state index contributed by atoms with van der Waals surface area (Å²) in [6.07, 6.45) is 5.85. The van der Waals surface area contributed by atoms with Gasteiger partial charge in [-0.15, -0.1) is 0 Å². The number of hydrogen-bond donors (Lipinski definition) is 2. The van der Waals surface area contributed by atoms with Crippen molar-refractivity contribution in [3.05, 3.63) is 77.6 Å². The second-order valence-electron chi connectivity index (χ2n) is 11.0. The summed E-state index contributed by atoms with van der Waals surface area (Å²) >= 11 is 0. The molecule has 6 rings (SSSR count). The summed E-state index contributed by atoms with van der Waals surface area (Å²) in [6.45, 7) is 4.83. The van der Waals surface area contributed by atoms with Crippen LogP contribution in [0.25, 0.3) is 11.1 Å². The Kier molecular flexibility index (Phi) is 9.17. The van der Waals surface area contributed by atoms with Crippen molar-refractivity contribution < 1.29 is 23.9 Å². The van der Waals surface area contributed by atoms with E-state index in [2.05, 4.69) is 20.5 Å². The smallest absolute Gasteiger partial charge is 0.412 e. The minimum Gasteiger partial charge on any atom is -0.464 e. The van der Waals surface area contributed by atoms with Crippen LogP contribution in [0.5, 0.6) is 0 Å². The molecule has 2 bridgehead atoms. The van der Waals surface area contributed by atoms with Crippen molar-refractivity contribution in [2.75, 3.05) is 37.4 Å². The normalized spacial score (nSPS) is 19.1. The van der Waals surface area contributed by atoms with Crippen LogP contribution in [0.4, 0.5) is 16.2 Å². The summed E-state index contributed by atoms with van der Waals surface area (Å²) in [6, 6.07) is 17.7. The lowest BCUT2D eigenvalue weighted by Gasteiger charge is -2.47. The summed E-state index contributed by atoms with van der Waals surface area (Å²) in [7, 11) is 1.32. The number of esters is 1. The lowest BCUT2D eigenvalue weighted by molar-refractivity contribution is -0.116. The van der Waals surface area contributed by atoms with E-state index in [9.17, 15) is 14.4 Å². The molecule has 2 amide bonds. The van der Waals surface area contributed by atoms with E-state index in [1.807, 2.05) is 55.5 Å². The van der Waals surface area contributed by atoms with Crippen LogP contribution >= 0.6 is 0 Å². The van der Waals surface area contributed by atoms with Gasteiger partial charge in [0.2, 0.25) is 5.91 Å². The van der Waals surface area contributed by atoms with E-state index >= 15 is 0 Å². The van der Waals surface area contributed by atoms with Crippen LogP contribution in [0.2, 0.25) is 0 Å². The number of nitrogens with one attached hydrogen (secondary N) is 2. The molecule has 2 N–H and O–H groups in total. The number of carbonyl (C=O) groups excluding carboxylic acids is 3. The molecular formula is C33H38N4O5. The Labute approximate surface area is 246 Å². The number of fused-ring (bicyclic) bond motifs is 3. The fraction of sp³-hybridized carbons (Fsp3) is 0.394. The largest absolute Gasteiger partial charge is 0.464 e. The molecule has 0 radical (unpaired) electrons. The average molecular weight is 571 g/mol. The third kappa shape index (κ3) is 6.97.